The van der Waals surface area contributed by atoms with E-state index in [1.807, 2.05) is 72.1 Å². The maximum Gasteiger partial charge on any atom is 0.319 e. The van der Waals surface area contributed by atoms with Crippen molar-refractivity contribution in [2.45, 2.75) is 26.4 Å². The van der Waals surface area contributed by atoms with Crippen LogP contribution < -0.4 is 0 Å². The molecule has 1 heterocycles. The van der Waals surface area contributed by atoms with Crippen LogP contribution in [0.4, 0.5) is 4.79 Å². The molecule has 1 aromatic heterocycles. The Morgan fingerprint density at radius 1 is 0.963 bits per heavy atom. The van der Waals surface area contributed by atoms with Crippen molar-refractivity contribution in [2.24, 2.45) is 7.05 Å². The highest BCUT2D eigenvalue weighted by atomic mass is 16.2. The molecule has 0 saturated heterocycles. The van der Waals surface area contributed by atoms with Gasteiger partial charge in [0.2, 0.25) is 5.91 Å². The van der Waals surface area contributed by atoms with Crippen LogP contribution in [0.1, 0.15) is 24.6 Å². The molecule has 6 nitrogen and oxygen atoms in total. The molecule has 0 aliphatic rings. The van der Waals surface area contributed by atoms with Gasteiger partial charge in [-0.05, 0) is 24.1 Å². The van der Waals surface area contributed by atoms with Gasteiger partial charge < -0.3 is 19.3 Å². The lowest BCUT2D eigenvalue weighted by Gasteiger charge is -2.29. The maximum atomic E-state index is 13.1. The van der Waals surface area contributed by atoms with Crippen LogP contribution in [-0.2, 0) is 24.9 Å². The number of rotatable bonds is 8. The number of carbonyl (C=O) groups is 2. The molecule has 0 bridgehead atoms. The lowest BCUT2D eigenvalue weighted by atomic mass is 10.2. The van der Waals surface area contributed by atoms with E-state index in [1.165, 1.54) is 4.90 Å². The monoisotopic (exact) mass is 370 g/mol. The van der Waals surface area contributed by atoms with E-state index in [2.05, 4.69) is 0 Å². The molecule has 27 heavy (non-hydrogen) atoms. The fourth-order valence-corrected chi connectivity index (χ4v) is 2.95. The van der Waals surface area contributed by atoms with Crippen LogP contribution in [0, 0.1) is 0 Å². The SMILES string of the molecule is CCCN(CC(=O)N(Cc1ccccc1)Cc1cccn1C)C(=O)N(C)C. The van der Waals surface area contributed by atoms with Crippen molar-refractivity contribution in [2.75, 3.05) is 27.2 Å². The third-order valence-corrected chi connectivity index (χ3v) is 4.45. The molecular weight excluding hydrogens is 340 g/mol. The van der Waals surface area contributed by atoms with Gasteiger partial charge in [-0.3, -0.25) is 4.79 Å². The molecule has 0 N–H and O–H groups in total. The highest BCUT2D eigenvalue weighted by Gasteiger charge is 2.22. The molecule has 0 radical (unpaired) electrons. The molecule has 0 unspecified atom stereocenters. The van der Waals surface area contributed by atoms with Crippen molar-refractivity contribution in [1.82, 2.24) is 19.3 Å². The van der Waals surface area contributed by atoms with Crippen LogP contribution in [0.25, 0.3) is 0 Å². The Balaban J connectivity index is 2.18. The highest BCUT2D eigenvalue weighted by Crippen LogP contribution is 2.12. The van der Waals surface area contributed by atoms with Crippen LogP contribution in [0.5, 0.6) is 0 Å². The lowest BCUT2D eigenvalue weighted by Crippen LogP contribution is -2.46. The Labute approximate surface area is 162 Å². The number of aryl methyl sites for hydroxylation is 1. The van der Waals surface area contributed by atoms with Gasteiger partial charge in [0.25, 0.3) is 0 Å². The van der Waals surface area contributed by atoms with Crippen molar-refractivity contribution in [3.63, 3.8) is 0 Å². The lowest BCUT2D eigenvalue weighted by molar-refractivity contribution is -0.133. The van der Waals surface area contributed by atoms with Crippen LogP contribution in [0.15, 0.2) is 48.7 Å². The van der Waals surface area contributed by atoms with Crippen LogP contribution in [0.2, 0.25) is 0 Å². The summed E-state index contributed by atoms with van der Waals surface area (Å²) in [4.78, 5) is 30.4. The smallest absolute Gasteiger partial charge is 0.319 e. The van der Waals surface area contributed by atoms with Crippen molar-refractivity contribution in [3.8, 4) is 0 Å². The maximum absolute atomic E-state index is 13.1. The number of nitrogens with zero attached hydrogens (tertiary/aromatic N) is 4. The Kier molecular flexibility index (Phi) is 7.46. The van der Waals surface area contributed by atoms with Crippen molar-refractivity contribution in [3.05, 3.63) is 59.9 Å². The van der Waals surface area contributed by atoms with Gasteiger partial charge in [0.15, 0.2) is 0 Å². The zero-order chi connectivity index (χ0) is 19.8. The van der Waals surface area contributed by atoms with Crippen molar-refractivity contribution >= 4 is 11.9 Å². The van der Waals surface area contributed by atoms with Crippen LogP contribution in [-0.4, -0.2) is 58.4 Å². The summed E-state index contributed by atoms with van der Waals surface area (Å²) >= 11 is 0. The van der Waals surface area contributed by atoms with Gasteiger partial charge in [0, 0.05) is 46.1 Å². The average molecular weight is 370 g/mol. The summed E-state index contributed by atoms with van der Waals surface area (Å²) in [5.41, 5.74) is 2.13. The summed E-state index contributed by atoms with van der Waals surface area (Å²) in [7, 11) is 5.39. The van der Waals surface area contributed by atoms with Crippen molar-refractivity contribution in [1.29, 1.82) is 0 Å². The zero-order valence-electron chi connectivity index (χ0n) is 16.8. The number of benzene rings is 1. The summed E-state index contributed by atoms with van der Waals surface area (Å²) < 4.78 is 2.01. The Morgan fingerprint density at radius 2 is 1.67 bits per heavy atom. The number of amides is 3. The van der Waals surface area contributed by atoms with E-state index < -0.39 is 0 Å². The second-order valence-corrected chi connectivity index (χ2v) is 6.94. The summed E-state index contributed by atoms with van der Waals surface area (Å²) in [6.45, 7) is 3.68. The first kappa shape index (κ1) is 20.6. The molecule has 146 valence electrons. The quantitative estimate of drug-likeness (QED) is 0.717. The van der Waals surface area contributed by atoms with Gasteiger partial charge >= 0.3 is 6.03 Å². The summed E-state index contributed by atoms with van der Waals surface area (Å²) in [5, 5.41) is 0. The highest BCUT2D eigenvalue weighted by molar-refractivity contribution is 5.84. The largest absolute Gasteiger partial charge is 0.353 e. The molecule has 0 fully saturated rings. The first-order valence-corrected chi connectivity index (χ1v) is 9.30. The third kappa shape index (κ3) is 5.88. The molecule has 0 spiro atoms. The zero-order valence-corrected chi connectivity index (χ0v) is 16.8. The Bertz CT molecular complexity index is 740. The predicted molar refractivity (Wildman–Crippen MR) is 107 cm³/mol. The predicted octanol–water partition coefficient (Wildman–Crippen LogP) is 2.95. The van der Waals surface area contributed by atoms with Crippen molar-refractivity contribution < 1.29 is 9.59 Å². The van der Waals surface area contributed by atoms with E-state index in [0.29, 0.717) is 19.6 Å². The van der Waals surface area contributed by atoms with E-state index in [9.17, 15) is 9.59 Å². The molecule has 0 saturated carbocycles. The number of urea groups is 1. The molecule has 1 aromatic carbocycles. The van der Waals surface area contributed by atoms with Gasteiger partial charge in [-0.25, -0.2) is 4.79 Å². The normalized spacial score (nSPS) is 10.5. The van der Waals surface area contributed by atoms with Gasteiger partial charge in [0.1, 0.15) is 6.54 Å². The molecule has 2 rings (SSSR count). The third-order valence-electron chi connectivity index (χ3n) is 4.45. The number of aromatic nitrogens is 1. The minimum atomic E-state index is -0.135. The summed E-state index contributed by atoms with van der Waals surface area (Å²) in [5.74, 6) is -0.0521. The molecule has 6 heteroatoms. The summed E-state index contributed by atoms with van der Waals surface area (Å²) in [6.07, 6.45) is 2.78. The molecule has 0 aliphatic carbocycles. The first-order valence-electron chi connectivity index (χ1n) is 9.30. The van der Waals surface area contributed by atoms with E-state index in [4.69, 9.17) is 0 Å². The number of hydrogen-bond donors (Lipinski definition) is 0. The van der Waals surface area contributed by atoms with Gasteiger partial charge in [-0.2, -0.15) is 0 Å². The first-order chi connectivity index (χ1) is 12.9. The fraction of sp³-hybridized carbons (Fsp3) is 0.429. The van der Waals surface area contributed by atoms with Crippen LogP contribution in [0.3, 0.4) is 0 Å². The van der Waals surface area contributed by atoms with E-state index in [1.54, 1.807) is 19.0 Å². The second kappa shape index (κ2) is 9.80. The molecule has 0 aliphatic heterocycles. The Hall–Kier alpha value is -2.76. The minimum Gasteiger partial charge on any atom is -0.353 e. The summed E-state index contributed by atoms with van der Waals surface area (Å²) in [6, 6.07) is 13.8. The number of carbonyl (C=O) groups excluding carboxylic acids is 2. The van der Waals surface area contributed by atoms with E-state index >= 15 is 0 Å². The van der Waals surface area contributed by atoms with E-state index in [0.717, 1.165) is 17.7 Å². The fourth-order valence-electron chi connectivity index (χ4n) is 2.95. The Morgan fingerprint density at radius 3 is 2.22 bits per heavy atom. The molecule has 3 amide bonds. The van der Waals surface area contributed by atoms with Gasteiger partial charge in [-0.1, -0.05) is 37.3 Å². The second-order valence-electron chi connectivity index (χ2n) is 6.94. The van der Waals surface area contributed by atoms with Gasteiger partial charge in [-0.15, -0.1) is 0 Å². The average Bonchev–Trinajstić information content (AvgIpc) is 3.05. The van der Waals surface area contributed by atoms with E-state index in [-0.39, 0.29) is 18.5 Å². The standard InChI is InChI=1S/C21H30N4O2/c1-5-13-24(21(27)22(2)3)17-20(26)25(15-18-10-7-6-8-11-18)16-19-12-9-14-23(19)4/h6-12,14H,5,13,15-17H2,1-4H3. The molecular formula is C21H30N4O2. The van der Waals surface area contributed by atoms with Gasteiger partial charge in [0.05, 0.1) is 6.54 Å². The molecule has 0 atom stereocenters. The van der Waals surface area contributed by atoms with Crippen LogP contribution >= 0.6 is 0 Å². The molecule has 2 aromatic rings. The topological polar surface area (TPSA) is 48.8 Å². The minimum absolute atomic E-state index is 0.0521. The number of hydrogen-bond acceptors (Lipinski definition) is 2.